The maximum atomic E-state index is 12.1. The number of nitrogens with one attached hydrogen (secondary N) is 1. The van der Waals surface area contributed by atoms with Gasteiger partial charge >= 0.3 is 0 Å². The van der Waals surface area contributed by atoms with Gasteiger partial charge in [-0.1, -0.05) is 22.0 Å². The van der Waals surface area contributed by atoms with Crippen LogP contribution < -0.4 is 10.2 Å². The van der Waals surface area contributed by atoms with Gasteiger partial charge in [-0.25, -0.2) is 0 Å². The number of nitriles is 1. The van der Waals surface area contributed by atoms with Crippen LogP contribution in [0.25, 0.3) is 0 Å². The summed E-state index contributed by atoms with van der Waals surface area (Å²) < 4.78 is 0.878. The maximum Gasteiger partial charge on any atom is 0.226 e. The molecule has 0 aliphatic heterocycles. The number of nitrogens with zero attached hydrogens (tertiary/aromatic N) is 2. The molecule has 0 aliphatic rings. The van der Waals surface area contributed by atoms with Gasteiger partial charge in [0.25, 0.3) is 0 Å². The van der Waals surface area contributed by atoms with Crippen molar-refractivity contribution in [2.45, 2.75) is 13.3 Å². The summed E-state index contributed by atoms with van der Waals surface area (Å²) in [5.41, 5.74) is 1.88. The molecule has 0 bridgehead atoms. The molecule has 0 unspecified atom stereocenters. The van der Waals surface area contributed by atoms with Crippen molar-refractivity contribution >= 4 is 39.1 Å². The zero-order valence-electron chi connectivity index (χ0n) is 13.1. The fourth-order valence-electron chi connectivity index (χ4n) is 2.19. The maximum absolute atomic E-state index is 12.1. The lowest BCUT2D eigenvalue weighted by Crippen LogP contribution is -2.31. The minimum Gasteiger partial charge on any atom is -0.326 e. The van der Waals surface area contributed by atoms with Crippen molar-refractivity contribution in [3.05, 3.63) is 58.6 Å². The van der Waals surface area contributed by atoms with Crippen LogP contribution in [0.5, 0.6) is 0 Å². The number of carbonyl (C=O) groups excluding carboxylic acids is 2. The van der Waals surface area contributed by atoms with Crippen LogP contribution in [0, 0.1) is 11.3 Å². The van der Waals surface area contributed by atoms with E-state index in [0.29, 0.717) is 16.9 Å². The first-order chi connectivity index (χ1) is 11.5. The van der Waals surface area contributed by atoms with Gasteiger partial charge in [0.2, 0.25) is 11.8 Å². The quantitative estimate of drug-likeness (QED) is 0.852. The van der Waals surface area contributed by atoms with Crippen LogP contribution in [0.3, 0.4) is 0 Å². The van der Waals surface area contributed by atoms with Gasteiger partial charge in [0.1, 0.15) is 0 Å². The molecule has 1 N–H and O–H groups in total. The Kier molecular flexibility index (Phi) is 6.10. The molecule has 2 amide bonds. The molecule has 0 saturated heterocycles. The number of benzene rings is 2. The molecule has 0 fully saturated rings. The van der Waals surface area contributed by atoms with Crippen molar-refractivity contribution in [1.29, 1.82) is 5.26 Å². The molecule has 0 spiro atoms. The smallest absolute Gasteiger partial charge is 0.226 e. The molecule has 0 atom stereocenters. The summed E-state index contributed by atoms with van der Waals surface area (Å²) in [4.78, 5) is 25.4. The van der Waals surface area contributed by atoms with E-state index in [0.717, 1.165) is 4.47 Å². The monoisotopic (exact) mass is 385 g/mol. The number of amides is 2. The molecule has 122 valence electrons. The zero-order chi connectivity index (χ0) is 17.5. The Hall–Kier alpha value is -2.65. The minimum absolute atomic E-state index is 0.157. The second-order valence-corrected chi connectivity index (χ2v) is 6.05. The van der Waals surface area contributed by atoms with E-state index in [1.54, 1.807) is 36.4 Å². The van der Waals surface area contributed by atoms with Crippen molar-refractivity contribution < 1.29 is 9.59 Å². The van der Waals surface area contributed by atoms with Gasteiger partial charge in [0.15, 0.2) is 0 Å². The molecule has 0 aromatic heterocycles. The van der Waals surface area contributed by atoms with Crippen LogP contribution in [-0.2, 0) is 9.59 Å². The van der Waals surface area contributed by atoms with Gasteiger partial charge < -0.3 is 10.2 Å². The summed E-state index contributed by atoms with van der Waals surface area (Å²) in [5.74, 6) is -0.331. The number of hydrogen-bond acceptors (Lipinski definition) is 3. The topological polar surface area (TPSA) is 73.2 Å². The predicted octanol–water partition coefficient (Wildman–Crippen LogP) is 3.70. The first kappa shape index (κ1) is 17.7. The van der Waals surface area contributed by atoms with Crippen molar-refractivity contribution in [3.8, 4) is 6.07 Å². The molecular weight excluding hydrogens is 370 g/mol. The average Bonchev–Trinajstić information content (AvgIpc) is 2.55. The Morgan fingerprint density at radius 1 is 1.21 bits per heavy atom. The Balaban J connectivity index is 1.99. The number of halogens is 1. The first-order valence-electron chi connectivity index (χ1n) is 7.33. The summed E-state index contributed by atoms with van der Waals surface area (Å²) in [6.07, 6.45) is 0.173. The summed E-state index contributed by atoms with van der Waals surface area (Å²) in [5, 5.41) is 11.6. The first-order valence-corrected chi connectivity index (χ1v) is 8.12. The molecule has 6 heteroatoms. The van der Waals surface area contributed by atoms with Crippen molar-refractivity contribution in [2.24, 2.45) is 0 Å². The zero-order valence-corrected chi connectivity index (χ0v) is 14.7. The lowest BCUT2D eigenvalue weighted by atomic mass is 10.2. The highest BCUT2D eigenvalue weighted by molar-refractivity contribution is 9.10. The van der Waals surface area contributed by atoms with E-state index in [9.17, 15) is 9.59 Å². The minimum atomic E-state index is -0.173. The molecule has 2 aromatic rings. The van der Waals surface area contributed by atoms with Gasteiger partial charge in [0.05, 0.1) is 11.6 Å². The summed E-state index contributed by atoms with van der Waals surface area (Å²) >= 11 is 3.35. The van der Waals surface area contributed by atoms with Gasteiger partial charge in [-0.2, -0.15) is 5.26 Å². The standard InChI is InChI=1S/C18H16BrN3O2/c1-13(23)22(17-7-5-14(12-20)6-8-17)10-9-18(24)21-16-4-2-3-15(19)11-16/h2-8,11H,9-10H2,1H3,(H,21,24). The molecule has 0 heterocycles. The molecule has 0 radical (unpaired) electrons. The highest BCUT2D eigenvalue weighted by atomic mass is 79.9. The van der Waals surface area contributed by atoms with Crippen LogP contribution in [0.2, 0.25) is 0 Å². The van der Waals surface area contributed by atoms with E-state index in [1.165, 1.54) is 11.8 Å². The van der Waals surface area contributed by atoms with Crippen molar-refractivity contribution in [1.82, 2.24) is 0 Å². The molecule has 0 saturated carbocycles. The Morgan fingerprint density at radius 2 is 1.92 bits per heavy atom. The fraction of sp³-hybridized carbons (Fsp3) is 0.167. The SMILES string of the molecule is CC(=O)N(CCC(=O)Nc1cccc(Br)c1)c1ccc(C#N)cc1. The van der Waals surface area contributed by atoms with Crippen LogP contribution in [0.1, 0.15) is 18.9 Å². The van der Waals surface area contributed by atoms with Gasteiger partial charge in [0, 0.05) is 35.7 Å². The van der Waals surface area contributed by atoms with Crippen LogP contribution >= 0.6 is 15.9 Å². The van der Waals surface area contributed by atoms with E-state index >= 15 is 0 Å². The Morgan fingerprint density at radius 3 is 2.50 bits per heavy atom. The van der Waals surface area contributed by atoms with Gasteiger partial charge in [-0.15, -0.1) is 0 Å². The number of rotatable bonds is 5. The van der Waals surface area contributed by atoms with E-state index < -0.39 is 0 Å². The van der Waals surface area contributed by atoms with Crippen LogP contribution in [-0.4, -0.2) is 18.4 Å². The average molecular weight is 386 g/mol. The molecule has 5 nitrogen and oxygen atoms in total. The largest absolute Gasteiger partial charge is 0.326 e. The van der Waals surface area contributed by atoms with Gasteiger partial charge in [-0.05, 0) is 42.5 Å². The second-order valence-electron chi connectivity index (χ2n) is 5.14. The summed E-state index contributed by atoms with van der Waals surface area (Å²) in [6, 6.07) is 16.0. The van der Waals surface area contributed by atoms with Crippen molar-refractivity contribution in [3.63, 3.8) is 0 Å². The Bertz CT molecular complexity index is 782. The molecule has 0 aliphatic carbocycles. The predicted molar refractivity (Wildman–Crippen MR) is 96.6 cm³/mol. The number of carbonyl (C=O) groups is 2. The van der Waals surface area contributed by atoms with E-state index in [2.05, 4.69) is 21.2 Å². The normalized spacial score (nSPS) is 9.88. The molecule has 24 heavy (non-hydrogen) atoms. The highest BCUT2D eigenvalue weighted by Crippen LogP contribution is 2.17. The van der Waals surface area contributed by atoms with E-state index in [4.69, 9.17) is 5.26 Å². The third-order valence-electron chi connectivity index (χ3n) is 3.36. The number of hydrogen-bond donors (Lipinski definition) is 1. The lowest BCUT2D eigenvalue weighted by molar-refractivity contribution is -0.117. The van der Waals surface area contributed by atoms with E-state index in [1.807, 2.05) is 18.2 Å². The Labute approximate surface area is 149 Å². The van der Waals surface area contributed by atoms with Gasteiger partial charge in [-0.3, -0.25) is 9.59 Å². The third-order valence-corrected chi connectivity index (χ3v) is 3.85. The molecular formula is C18H16BrN3O2. The lowest BCUT2D eigenvalue weighted by Gasteiger charge is -2.21. The fourth-order valence-corrected chi connectivity index (χ4v) is 2.59. The molecule has 2 aromatic carbocycles. The molecule has 2 rings (SSSR count). The summed E-state index contributed by atoms with van der Waals surface area (Å²) in [6.45, 7) is 1.71. The summed E-state index contributed by atoms with van der Waals surface area (Å²) in [7, 11) is 0. The highest BCUT2D eigenvalue weighted by Gasteiger charge is 2.13. The van der Waals surface area contributed by atoms with Crippen molar-refractivity contribution in [2.75, 3.05) is 16.8 Å². The second kappa shape index (κ2) is 8.27. The van der Waals surface area contributed by atoms with Crippen LogP contribution in [0.4, 0.5) is 11.4 Å². The van der Waals surface area contributed by atoms with Crippen LogP contribution in [0.15, 0.2) is 53.0 Å². The number of anilines is 2. The van der Waals surface area contributed by atoms with E-state index in [-0.39, 0.29) is 24.8 Å². The third kappa shape index (κ3) is 4.93.